The van der Waals surface area contributed by atoms with Crippen molar-refractivity contribution in [2.75, 3.05) is 6.61 Å². The van der Waals surface area contributed by atoms with E-state index >= 15 is 0 Å². The summed E-state index contributed by atoms with van der Waals surface area (Å²) in [5, 5.41) is 9.00. The molecule has 0 unspecified atom stereocenters. The van der Waals surface area contributed by atoms with Crippen molar-refractivity contribution >= 4 is 37.2 Å². The number of halogens is 3. The first-order chi connectivity index (χ1) is 12.6. The predicted molar refractivity (Wildman–Crippen MR) is 118 cm³/mol. The molecule has 0 radical (unpaired) electrons. The van der Waals surface area contributed by atoms with Crippen LogP contribution in [0.5, 0.6) is 5.75 Å². The minimum Gasteiger partial charge on any atom is -0.492 e. The molecule has 3 fully saturated rings. The topological polar surface area (TPSA) is 91.7 Å². The van der Waals surface area contributed by atoms with Crippen LogP contribution in [0.2, 0.25) is 0 Å². The fourth-order valence-corrected chi connectivity index (χ4v) is 4.36. The molecule has 0 saturated heterocycles. The Bertz CT molecular complexity index is 944. The molecule has 2 bridgehead atoms. The van der Waals surface area contributed by atoms with Crippen molar-refractivity contribution in [3.63, 3.8) is 0 Å². The van der Waals surface area contributed by atoms with Crippen LogP contribution in [0.25, 0.3) is 17.3 Å². The highest BCUT2D eigenvalue weighted by atomic mass is 35.5. The lowest BCUT2D eigenvalue weighted by Gasteiger charge is -2.68. The predicted octanol–water partition coefficient (Wildman–Crippen LogP) is 3.52. The average Bonchev–Trinajstić information content (AvgIpc) is 3.05. The van der Waals surface area contributed by atoms with E-state index < -0.39 is 0 Å². The summed E-state index contributed by atoms with van der Waals surface area (Å²) >= 11 is 0. The number of pyridine rings is 2. The summed E-state index contributed by atoms with van der Waals surface area (Å²) in [7, 11) is 0. The summed E-state index contributed by atoms with van der Waals surface area (Å²) in [5.74, 6) is 3.17. The van der Waals surface area contributed by atoms with Crippen molar-refractivity contribution in [1.82, 2.24) is 24.7 Å². The molecule has 29 heavy (non-hydrogen) atoms. The van der Waals surface area contributed by atoms with Crippen LogP contribution in [0.1, 0.15) is 32.0 Å². The Morgan fingerprint density at radius 3 is 2.34 bits per heavy atom. The number of nitrogens with zero attached hydrogens (tertiary/aromatic N) is 5. The van der Waals surface area contributed by atoms with E-state index in [0.29, 0.717) is 12.4 Å². The van der Waals surface area contributed by atoms with E-state index in [1.807, 2.05) is 41.8 Å². The molecule has 3 aromatic rings. The van der Waals surface area contributed by atoms with Gasteiger partial charge in [-0.1, -0.05) is 6.07 Å². The van der Waals surface area contributed by atoms with Gasteiger partial charge in [0.1, 0.15) is 23.1 Å². The number of hydrogen-bond acceptors (Lipinski definition) is 6. The summed E-state index contributed by atoms with van der Waals surface area (Å²) in [4.78, 5) is 9.04. The van der Waals surface area contributed by atoms with Gasteiger partial charge in [-0.05, 0) is 50.5 Å². The Kier molecular flexibility index (Phi) is 6.79. The van der Waals surface area contributed by atoms with E-state index in [9.17, 15) is 0 Å². The molecule has 10 heteroatoms. The molecule has 3 heterocycles. The lowest BCUT2D eigenvalue weighted by Crippen LogP contribution is -2.75. The van der Waals surface area contributed by atoms with Gasteiger partial charge in [0.15, 0.2) is 5.82 Å². The molecule has 3 saturated carbocycles. The first-order valence-corrected chi connectivity index (χ1v) is 8.88. The zero-order chi connectivity index (χ0) is 17.8. The SMILES string of the molecule is CCOc1ccc(-c2nnc(C34CC(N)(C3)C4)n2-c2ccccn2)nc1.Cl.Cl.Cl. The van der Waals surface area contributed by atoms with Crippen molar-refractivity contribution in [1.29, 1.82) is 0 Å². The Hall–Kier alpha value is -1.93. The molecule has 0 amide bonds. The highest BCUT2D eigenvalue weighted by molar-refractivity contribution is 5.86. The first-order valence-electron chi connectivity index (χ1n) is 8.88. The van der Waals surface area contributed by atoms with Gasteiger partial charge in [-0.2, -0.15) is 0 Å². The standard InChI is InChI=1S/C19H20N6O.3ClH/c1-2-26-13-6-7-14(22-9-13)16-23-24-17(18-10-19(20,11-18)12-18)25(16)15-5-3-4-8-21-15;;;/h3-9H,2,10-12,20H2,1H3;3*1H. The van der Waals surface area contributed by atoms with Crippen LogP contribution in [-0.2, 0) is 5.41 Å². The fourth-order valence-electron chi connectivity index (χ4n) is 4.36. The molecule has 3 aromatic heterocycles. The third kappa shape index (κ3) is 3.68. The zero-order valence-corrected chi connectivity index (χ0v) is 18.3. The number of ether oxygens (including phenoxy) is 1. The smallest absolute Gasteiger partial charge is 0.188 e. The monoisotopic (exact) mass is 456 g/mol. The molecule has 6 rings (SSSR count). The van der Waals surface area contributed by atoms with E-state index in [2.05, 4.69) is 20.2 Å². The second-order valence-corrected chi connectivity index (χ2v) is 7.36. The summed E-state index contributed by atoms with van der Waals surface area (Å²) in [6.07, 6.45) is 6.37. The second kappa shape index (κ2) is 8.44. The van der Waals surface area contributed by atoms with Crippen molar-refractivity contribution in [3.05, 3.63) is 48.5 Å². The summed E-state index contributed by atoms with van der Waals surface area (Å²) in [5.41, 5.74) is 7.03. The molecule has 0 spiro atoms. The zero-order valence-electron chi connectivity index (χ0n) is 15.8. The maximum absolute atomic E-state index is 6.26. The number of hydrogen-bond donors (Lipinski definition) is 1. The van der Waals surface area contributed by atoms with E-state index in [1.54, 1.807) is 12.4 Å². The highest BCUT2D eigenvalue weighted by Gasteiger charge is 2.68. The first kappa shape index (κ1) is 23.3. The van der Waals surface area contributed by atoms with Gasteiger partial charge in [0.05, 0.1) is 12.8 Å². The van der Waals surface area contributed by atoms with Crippen LogP contribution in [0.4, 0.5) is 0 Å². The second-order valence-electron chi connectivity index (χ2n) is 7.36. The Morgan fingerprint density at radius 2 is 1.79 bits per heavy atom. The van der Waals surface area contributed by atoms with Gasteiger partial charge in [-0.25, -0.2) is 9.97 Å². The minimum atomic E-state index is -0.00154. The quantitative estimate of drug-likeness (QED) is 0.630. The lowest BCUT2D eigenvalue weighted by atomic mass is 9.39. The largest absolute Gasteiger partial charge is 0.492 e. The molecular formula is C19H23Cl3N6O. The fraction of sp³-hybridized carbons (Fsp3) is 0.368. The Morgan fingerprint density at radius 1 is 1.03 bits per heavy atom. The van der Waals surface area contributed by atoms with Gasteiger partial charge in [-0.15, -0.1) is 47.4 Å². The van der Waals surface area contributed by atoms with Crippen LogP contribution in [0.15, 0.2) is 42.7 Å². The van der Waals surface area contributed by atoms with Crippen LogP contribution < -0.4 is 10.5 Å². The normalized spacial score (nSPS) is 23.4. The number of nitrogens with two attached hydrogens (primary N) is 1. The summed E-state index contributed by atoms with van der Waals surface area (Å²) in [6.45, 7) is 2.56. The van der Waals surface area contributed by atoms with Gasteiger partial charge in [0, 0.05) is 17.2 Å². The van der Waals surface area contributed by atoms with E-state index in [0.717, 1.165) is 42.3 Å². The van der Waals surface area contributed by atoms with Gasteiger partial charge >= 0.3 is 0 Å². The highest BCUT2D eigenvalue weighted by Crippen LogP contribution is 2.66. The van der Waals surface area contributed by atoms with Crippen LogP contribution in [0.3, 0.4) is 0 Å². The van der Waals surface area contributed by atoms with Crippen LogP contribution >= 0.6 is 37.2 Å². The van der Waals surface area contributed by atoms with Gasteiger partial charge < -0.3 is 10.5 Å². The van der Waals surface area contributed by atoms with E-state index in [1.165, 1.54) is 0 Å². The van der Waals surface area contributed by atoms with Crippen molar-refractivity contribution in [2.45, 2.75) is 37.1 Å². The van der Waals surface area contributed by atoms with Gasteiger partial charge in [0.2, 0.25) is 0 Å². The molecular weight excluding hydrogens is 435 g/mol. The Labute approximate surface area is 187 Å². The molecule has 156 valence electrons. The number of aromatic nitrogens is 5. The van der Waals surface area contributed by atoms with Gasteiger partial charge in [0.25, 0.3) is 0 Å². The van der Waals surface area contributed by atoms with E-state index in [-0.39, 0.29) is 48.2 Å². The van der Waals surface area contributed by atoms with Gasteiger partial charge in [-0.3, -0.25) is 4.57 Å². The van der Waals surface area contributed by atoms with Crippen molar-refractivity contribution in [2.24, 2.45) is 5.73 Å². The molecule has 2 N–H and O–H groups in total. The maximum atomic E-state index is 6.26. The lowest BCUT2D eigenvalue weighted by molar-refractivity contribution is -0.0664. The van der Waals surface area contributed by atoms with Crippen molar-refractivity contribution < 1.29 is 4.74 Å². The number of rotatable bonds is 5. The molecule has 7 nitrogen and oxygen atoms in total. The Balaban J connectivity index is 0.000001000. The van der Waals surface area contributed by atoms with E-state index in [4.69, 9.17) is 10.5 Å². The molecule has 3 aliphatic carbocycles. The molecule has 3 aliphatic rings. The molecule has 0 atom stereocenters. The third-order valence-electron chi connectivity index (χ3n) is 5.36. The summed E-state index contributed by atoms with van der Waals surface area (Å²) in [6, 6.07) is 9.64. The third-order valence-corrected chi connectivity index (χ3v) is 5.36. The minimum absolute atomic E-state index is 0. The van der Waals surface area contributed by atoms with Crippen LogP contribution in [-0.4, -0.2) is 36.9 Å². The molecule has 0 aromatic carbocycles. The molecule has 0 aliphatic heterocycles. The summed E-state index contributed by atoms with van der Waals surface area (Å²) < 4.78 is 7.51. The van der Waals surface area contributed by atoms with Crippen LogP contribution in [0, 0.1) is 0 Å². The average molecular weight is 458 g/mol. The maximum Gasteiger partial charge on any atom is 0.188 e. The van der Waals surface area contributed by atoms with Crippen molar-refractivity contribution in [3.8, 4) is 23.1 Å².